The minimum Gasteiger partial charge on any atom is -0.456 e. The van der Waals surface area contributed by atoms with Gasteiger partial charge in [-0.05, 0) is 42.8 Å². The summed E-state index contributed by atoms with van der Waals surface area (Å²) in [6, 6.07) is 15.8. The van der Waals surface area contributed by atoms with Crippen LogP contribution in [-0.4, -0.2) is 4.98 Å². The molecular formula is C17H13BrClNO. The fourth-order valence-electron chi connectivity index (χ4n) is 2.19. The summed E-state index contributed by atoms with van der Waals surface area (Å²) in [5.74, 6) is 1.97. The first kappa shape index (κ1) is 14.4. The van der Waals surface area contributed by atoms with Crippen molar-refractivity contribution in [2.45, 2.75) is 12.8 Å². The van der Waals surface area contributed by atoms with Crippen LogP contribution >= 0.6 is 27.5 Å². The van der Waals surface area contributed by atoms with Crippen LogP contribution in [0.25, 0.3) is 10.9 Å². The van der Waals surface area contributed by atoms with Gasteiger partial charge in [0, 0.05) is 15.9 Å². The Labute approximate surface area is 136 Å². The van der Waals surface area contributed by atoms with Gasteiger partial charge in [-0.15, -0.1) is 11.6 Å². The van der Waals surface area contributed by atoms with E-state index in [4.69, 9.17) is 16.3 Å². The lowest BCUT2D eigenvalue weighted by Crippen LogP contribution is -1.93. The van der Waals surface area contributed by atoms with Crippen molar-refractivity contribution in [2.75, 3.05) is 0 Å². The first-order valence-corrected chi connectivity index (χ1v) is 7.89. The van der Waals surface area contributed by atoms with Gasteiger partial charge >= 0.3 is 0 Å². The highest BCUT2D eigenvalue weighted by Crippen LogP contribution is 2.32. The summed E-state index contributed by atoms with van der Waals surface area (Å²) in [6.07, 6.45) is 0. The van der Waals surface area contributed by atoms with Crippen LogP contribution in [0.4, 0.5) is 0 Å². The lowest BCUT2D eigenvalue weighted by molar-refractivity contribution is 0.483. The average Bonchev–Trinajstić information content (AvgIpc) is 2.49. The second kappa shape index (κ2) is 6.04. The maximum absolute atomic E-state index is 6.10. The van der Waals surface area contributed by atoms with E-state index in [-0.39, 0.29) is 0 Å². The van der Waals surface area contributed by atoms with Crippen LogP contribution in [0.15, 0.2) is 53.0 Å². The smallest absolute Gasteiger partial charge is 0.138 e. The van der Waals surface area contributed by atoms with E-state index in [1.165, 1.54) is 0 Å². The van der Waals surface area contributed by atoms with Crippen LogP contribution in [0.1, 0.15) is 11.3 Å². The average molecular weight is 363 g/mol. The third-order valence-corrected chi connectivity index (χ3v) is 3.99. The van der Waals surface area contributed by atoms with Crippen molar-refractivity contribution in [2.24, 2.45) is 0 Å². The maximum Gasteiger partial charge on any atom is 0.138 e. The van der Waals surface area contributed by atoms with E-state index in [0.717, 1.165) is 38.1 Å². The standard InChI is InChI=1S/C17H13BrClNO/c1-11-8-12(18)6-7-16(11)21-17-9-13(10-19)20-15-5-3-2-4-14(15)17/h2-9H,10H2,1H3. The number of hydrogen-bond donors (Lipinski definition) is 0. The number of aryl methyl sites for hydroxylation is 1. The summed E-state index contributed by atoms with van der Waals surface area (Å²) >= 11 is 9.39. The molecule has 21 heavy (non-hydrogen) atoms. The number of para-hydroxylation sites is 1. The Morgan fingerprint density at radius 3 is 2.67 bits per heavy atom. The van der Waals surface area contributed by atoms with E-state index in [1.807, 2.05) is 55.5 Å². The monoisotopic (exact) mass is 361 g/mol. The van der Waals surface area contributed by atoms with Crippen LogP contribution < -0.4 is 4.74 Å². The van der Waals surface area contributed by atoms with Gasteiger partial charge in [-0.1, -0.05) is 28.1 Å². The van der Waals surface area contributed by atoms with Crippen molar-refractivity contribution in [3.05, 3.63) is 64.3 Å². The van der Waals surface area contributed by atoms with Crippen molar-refractivity contribution in [1.29, 1.82) is 0 Å². The largest absolute Gasteiger partial charge is 0.456 e. The van der Waals surface area contributed by atoms with E-state index in [2.05, 4.69) is 20.9 Å². The summed E-state index contributed by atoms with van der Waals surface area (Å²) in [5, 5.41) is 0.980. The van der Waals surface area contributed by atoms with Gasteiger partial charge in [0.15, 0.2) is 0 Å². The summed E-state index contributed by atoms with van der Waals surface area (Å²) in [7, 11) is 0. The van der Waals surface area contributed by atoms with Crippen molar-refractivity contribution >= 4 is 38.4 Å². The molecule has 0 unspecified atom stereocenters. The molecule has 0 fully saturated rings. The molecule has 1 heterocycles. The van der Waals surface area contributed by atoms with E-state index in [9.17, 15) is 0 Å². The zero-order valence-electron chi connectivity index (χ0n) is 11.4. The topological polar surface area (TPSA) is 22.1 Å². The first-order chi connectivity index (χ1) is 10.2. The van der Waals surface area contributed by atoms with E-state index >= 15 is 0 Å². The highest BCUT2D eigenvalue weighted by atomic mass is 79.9. The highest BCUT2D eigenvalue weighted by Gasteiger charge is 2.09. The molecule has 4 heteroatoms. The van der Waals surface area contributed by atoms with Gasteiger partial charge in [0.05, 0.1) is 17.1 Å². The predicted molar refractivity (Wildman–Crippen MR) is 90.3 cm³/mol. The maximum atomic E-state index is 6.10. The molecule has 0 amide bonds. The van der Waals surface area contributed by atoms with E-state index in [1.54, 1.807) is 0 Å². The van der Waals surface area contributed by atoms with Crippen LogP contribution in [0, 0.1) is 6.92 Å². The van der Waals surface area contributed by atoms with Crippen molar-refractivity contribution in [3.63, 3.8) is 0 Å². The van der Waals surface area contributed by atoms with Crippen LogP contribution in [0.3, 0.4) is 0 Å². The summed E-state index contributed by atoms with van der Waals surface area (Å²) in [4.78, 5) is 4.51. The summed E-state index contributed by atoms with van der Waals surface area (Å²) in [5.41, 5.74) is 2.76. The second-order valence-corrected chi connectivity index (χ2v) is 5.96. The Balaban J connectivity index is 2.10. The molecule has 0 aliphatic rings. The molecule has 0 spiro atoms. The lowest BCUT2D eigenvalue weighted by atomic mass is 10.1. The van der Waals surface area contributed by atoms with Crippen molar-refractivity contribution < 1.29 is 4.74 Å². The summed E-state index contributed by atoms with van der Waals surface area (Å²) < 4.78 is 7.14. The fraction of sp³-hybridized carbons (Fsp3) is 0.118. The van der Waals surface area contributed by atoms with E-state index < -0.39 is 0 Å². The molecule has 3 rings (SSSR count). The first-order valence-electron chi connectivity index (χ1n) is 6.56. The quantitative estimate of drug-likeness (QED) is 0.546. The lowest BCUT2D eigenvalue weighted by Gasteiger charge is -2.12. The van der Waals surface area contributed by atoms with Gasteiger partial charge in [0.1, 0.15) is 11.5 Å². The van der Waals surface area contributed by atoms with Gasteiger partial charge in [-0.25, -0.2) is 0 Å². The van der Waals surface area contributed by atoms with E-state index in [0.29, 0.717) is 5.88 Å². The molecule has 2 aromatic carbocycles. The Bertz CT molecular complexity index is 804. The molecule has 0 aliphatic heterocycles. The van der Waals surface area contributed by atoms with Gasteiger partial charge in [-0.3, -0.25) is 4.98 Å². The normalized spacial score (nSPS) is 10.8. The molecular weight excluding hydrogens is 350 g/mol. The number of hydrogen-bond acceptors (Lipinski definition) is 2. The molecule has 0 atom stereocenters. The van der Waals surface area contributed by atoms with Crippen molar-refractivity contribution in [1.82, 2.24) is 4.98 Å². The second-order valence-electron chi connectivity index (χ2n) is 4.77. The number of fused-ring (bicyclic) bond motifs is 1. The number of halogens is 2. The number of aromatic nitrogens is 1. The van der Waals surface area contributed by atoms with Gasteiger partial charge in [0.25, 0.3) is 0 Å². The number of ether oxygens (including phenoxy) is 1. The molecule has 0 bridgehead atoms. The molecule has 1 aromatic heterocycles. The fourth-order valence-corrected chi connectivity index (χ4v) is 2.81. The number of benzene rings is 2. The Kier molecular flexibility index (Phi) is 4.13. The van der Waals surface area contributed by atoms with Gasteiger partial charge in [-0.2, -0.15) is 0 Å². The zero-order chi connectivity index (χ0) is 14.8. The van der Waals surface area contributed by atoms with Gasteiger partial charge in [0.2, 0.25) is 0 Å². The SMILES string of the molecule is Cc1cc(Br)ccc1Oc1cc(CCl)nc2ccccc12. The van der Waals surface area contributed by atoms with Crippen LogP contribution in [-0.2, 0) is 5.88 Å². The Hall–Kier alpha value is -1.58. The summed E-state index contributed by atoms with van der Waals surface area (Å²) in [6.45, 7) is 2.02. The Morgan fingerprint density at radius 1 is 1.10 bits per heavy atom. The molecule has 0 saturated heterocycles. The third-order valence-electron chi connectivity index (χ3n) is 3.23. The van der Waals surface area contributed by atoms with Crippen molar-refractivity contribution in [3.8, 4) is 11.5 Å². The molecule has 3 aromatic rings. The number of pyridine rings is 1. The number of rotatable bonds is 3. The molecule has 0 radical (unpaired) electrons. The molecule has 0 saturated carbocycles. The predicted octanol–water partition coefficient (Wildman–Crippen LogP) is 5.84. The van der Waals surface area contributed by atoms with Gasteiger partial charge < -0.3 is 4.74 Å². The third kappa shape index (κ3) is 3.04. The minimum atomic E-state index is 0.362. The number of nitrogens with zero attached hydrogens (tertiary/aromatic N) is 1. The molecule has 0 N–H and O–H groups in total. The van der Waals surface area contributed by atoms with Crippen LogP contribution in [0.2, 0.25) is 0 Å². The highest BCUT2D eigenvalue weighted by molar-refractivity contribution is 9.10. The zero-order valence-corrected chi connectivity index (χ0v) is 13.8. The Morgan fingerprint density at radius 2 is 1.90 bits per heavy atom. The van der Waals surface area contributed by atoms with Crippen LogP contribution in [0.5, 0.6) is 11.5 Å². The molecule has 106 valence electrons. The number of alkyl halides is 1. The minimum absolute atomic E-state index is 0.362. The molecule has 0 aliphatic carbocycles. The molecule has 2 nitrogen and oxygen atoms in total.